The third kappa shape index (κ3) is 3.14. The summed E-state index contributed by atoms with van der Waals surface area (Å²) in [4.78, 5) is 12.6. The maximum Gasteiger partial charge on any atom is 0.262 e. The van der Waals surface area contributed by atoms with E-state index in [2.05, 4.69) is 0 Å². The monoisotopic (exact) mass is 326 g/mol. The van der Waals surface area contributed by atoms with Crippen LogP contribution >= 0.6 is 0 Å². The molecule has 4 heteroatoms. The molecule has 2 fully saturated rings. The number of benzene rings is 1. The smallest absolute Gasteiger partial charge is 0.262 e. The molecule has 24 heavy (non-hydrogen) atoms. The minimum absolute atomic E-state index is 0.0176. The van der Waals surface area contributed by atoms with Crippen molar-refractivity contribution in [1.29, 1.82) is 0 Å². The van der Waals surface area contributed by atoms with E-state index in [9.17, 15) is 9.18 Å². The van der Waals surface area contributed by atoms with Crippen LogP contribution in [0.25, 0.3) is 0 Å². The molecule has 0 radical (unpaired) electrons. The molecule has 124 valence electrons. The second kappa shape index (κ2) is 5.93. The van der Waals surface area contributed by atoms with Gasteiger partial charge in [0.05, 0.1) is 6.10 Å². The van der Waals surface area contributed by atoms with Gasteiger partial charge in [0.15, 0.2) is 11.5 Å². The molecule has 3 nitrogen and oxygen atoms in total. The molecular weight excluding hydrogens is 307 g/mol. The number of rotatable bonds is 5. The molecule has 2 aliphatic carbocycles. The predicted molar refractivity (Wildman–Crippen MR) is 88.8 cm³/mol. The molecule has 0 bridgehead atoms. The minimum atomic E-state index is -0.503. The molecule has 0 amide bonds. The minimum Gasteiger partial charge on any atom is -0.486 e. The molecule has 2 saturated carbocycles. The summed E-state index contributed by atoms with van der Waals surface area (Å²) < 4.78 is 25.2. The topological polar surface area (TPSA) is 35.5 Å². The van der Waals surface area contributed by atoms with Gasteiger partial charge in [-0.25, -0.2) is 4.39 Å². The molecule has 0 N–H and O–H groups in total. The van der Waals surface area contributed by atoms with Crippen LogP contribution in [0.1, 0.15) is 31.2 Å². The van der Waals surface area contributed by atoms with Crippen LogP contribution in [-0.4, -0.2) is 6.10 Å². The molecular formula is C20H19FO3. The van der Waals surface area contributed by atoms with E-state index in [1.807, 2.05) is 30.3 Å². The van der Waals surface area contributed by atoms with Gasteiger partial charge in [-0.2, -0.15) is 0 Å². The second-order valence-electron chi connectivity index (χ2n) is 6.84. The molecule has 4 rings (SSSR count). The van der Waals surface area contributed by atoms with Crippen LogP contribution in [0.5, 0.6) is 11.5 Å². The molecule has 0 atom stereocenters. The highest BCUT2D eigenvalue weighted by molar-refractivity contribution is 5.33. The average molecular weight is 326 g/mol. The van der Waals surface area contributed by atoms with Crippen LogP contribution in [0.2, 0.25) is 0 Å². The Hall–Kier alpha value is -2.36. The standard InChI is InChI=1S/C20H19FO3/c21-15-6-7-17(23-13-14-4-2-1-3-5-14)19(22)18(10-15)24-16-11-20(12-16)8-9-20/h1-7,10,16H,8-9,11-13H2. The Morgan fingerprint density at radius 1 is 1.04 bits per heavy atom. The lowest BCUT2D eigenvalue weighted by molar-refractivity contribution is 0.0492. The van der Waals surface area contributed by atoms with Crippen molar-refractivity contribution in [2.24, 2.45) is 5.41 Å². The van der Waals surface area contributed by atoms with Crippen LogP contribution in [-0.2, 0) is 6.61 Å². The fourth-order valence-electron chi connectivity index (χ4n) is 3.28. The normalized spacial score (nSPS) is 18.0. The van der Waals surface area contributed by atoms with Gasteiger partial charge in [0.1, 0.15) is 12.4 Å². The van der Waals surface area contributed by atoms with Crippen LogP contribution in [0, 0.1) is 11.2 Å². The van der Waals surface area contributed by atoms with Gasteiger partial charge in [-0.05, 0) is 48.8 Å². The highest BCUT2D eigenvalue weighted by Gasteiger charge is 2.54. The van der Waals surface area contributed by atoms with Crippen molar-refractivity contribution in [2.75, 3.05) is 0 Å². The Balaban J connectivity index is 1.52. The van der Waals surface area contributed by atoms with E-state index in [4.69, 9.17) is 9.47 Å². The molecule has 2 aromatic carbocycles. The maximum atomic E-state index is 13.8. The zero-order chi connectivity index (χ0) is 16.6. The summed E-state index contributed by atoms with van der Waals surface area (Å²) in [5.41, 5.74) is 1.02. The fraction of sp³-hybridized carbons (Fsp3) is 0.350. The van der Waals surface area contributed by atoms with E-state index in [1.165, 1.54) is 25.0 Å². The molecule has 0 saturated heterocycles. The van der Waals surface area contributed by atoms with E-state index < -0.39 is 11.2 Å². The second-order valence-corrected chi connectivity index (χ2v) is 6.84. The summed E-state index contributed by atoms with van der Waals surface area (Å²) >= 11 is 0. The molecule has 2 aliphatic rings. The zero-order valence-electron chi connectivity index (χ0n) is 13.3. The van der Waals surface area contributed by atoms with Crippen molar-refractivity contribution in [3.63, 3.8) is 0 Å². The maximum absolute atomic E-state index is 13.8. The van der Waals surface area contributed by atoms with Gasteiger partial charge in [0, 0.05) is 6.07 Å². The highest BCUT2D eigenvalue weighted by Crippen LogP contribution is 2.61. The Morgan fingerprint density at radius 2 is 1.79 bits per heavy atom. The lowest BCUT2D eigenvalue weighted by Crippen LogP contribution is -2.36. The van der Waals surface area contributed by atoms with Gasteiger partial charge in [0.25, 0.3) is 5.43 Å². The van der Waals surface area contributed by atoms with Crippen molar-refractivity contribution in [2.45, 2.75) is 38.4 Å². The third-order valence-electron chi connectivity index (χ3n) is 4.92. The van der Waals surface area contributed by atoms with Crippen molar-refractivity contribution >= 4 is 0 Å². The molecule has 2 aromatic rings. The van der Waals surface area contributed by atoms with Gasteiger partial charge in [-0.3, -0.25) is 4.79 Å². The summed E-state index contributed by atoms with van der Waals surface area (Å²) in [5.74, 6) is -0.351. The summed E-state index contributed by atoms with van der Waals surface area (Å²) in [6.45, 7) is 0.258. The lowest BCUT2D eigenvalue weighted by Gasteiger charge is -2.35. The summed E-state index contributed by atoms with van der Waals surface area (Å²) in [6, 6.07) is 13.3. The van der Waals surface area contributed by atoms with Gasteiger partial charge in [-0.15, -0.1) is 0 Å². The predicted octanol–water partition coefficient (Wildman–Crippen LogP) is 4.09. The van der Waals surface area contributed by atoms with Crippen molar-refractivity contribution < 1.29 is 13.9 Å². The first-order valence-corrected chi connectivity index (χ1v) is 8.31. The molecule has 1 spiro atoms. The molecule has 0 aliphatic heterocycles. The van der Waals surface area contributed by atoms with Crippen molar-refractivity contribution in [1.82, 2.24) is 0 Å². The molecule has 0 aromatic heterocycles. The SMILES string of the molecule is O=c1c(OCc2ccccc2)ccc(F)cc1OC1CC2(CC2)C1. The Labute approximate surface area is 140 Å². The van der Waals surface area contributed by atoms with Crippen molar-refractivity contribution in [3.8, 4) is 11.5 Å². The van der Waals surface area contributed by atoms with Gasteiger partial charge < -0.3 is 9.47 Å². The quantitative estimate of drug-likeness (QED) is 0.830. The number of hydrogen-bond donors (Lipinski definition) is 0. The van der Waals surface area contributed by atoms with Crippen LogP contribution < -0.4 is 14.9 Å². The number of ether oxygens (including phenoxy) is 2. The van der Waals surface area contributed by atoms with Gasteiger partial charge >= 0.3 is 0 Å². The average Bonchev–Trinajstić information content (AvgIpc) is 3.35. The van der Waals surface area contributed by atoms with E-state index >= 15 is 0 Å². The Morgan fingerprint density at radius 3 is 2.50 bits per heavy atom. The van der Waals surface area contributed by atoms with E-state index in [1.54, 1.807) is 0 Å². The van der Waals surface area contributed by atoms with E-state index in [0.717, 1.165) is 24.5 Å². The highest BCUT2D eigenvalue weighted by atomic mass is 19.1. The Kier molecular flexibility index (Phi) is 3.75. The first-order valence-electron chi connectivity index (χ1n) is 8.31. The third-order valence-corrected chi connectivity index (χ3v) is 4.92. The van der Waals surface area contributed by atoms with Crippen LogP contribution in [0.15, 0.2) is 53.3 Å². The van der Waals surface area contributed by atoms with Crippen LogP contribution in [0.4, 0.5) is 4.39 Å². The lowest BCUT2D eigenvalue weighted by atomic mass is 9.79. The van der Waals surface area contributed by atoms with Gasteiger partial charge in [0.2, 0.25) is 0 Å². The largest absolute Gasteiger partial charge is 0.486 e. The summed E-state index contributed by atoms with van der Waals surface area (Å²) in [6.07, 6.45) is 4.45. The molecule has 0 unspecified atom stereocenters. The number of hydrogen-bond acceptors (Lipinski definition) is 3. The van der Waals surface area contributed by atoms with Gasteiger partial charge in [-0.1, -0.05) is 30.3 Å². The van der Waals surface area contributed by atoms with Crippen molar-refractivity contribution in [3.05, 3.63) is 70.1 Å². The van der Waals surface area contributed by atoms with E-state index in [-0.39, 0.29) is 24.2 Å². The van der Waals surface area contributed by atoms with Crippen LogP contribution in [0.3, 0.4) is 0 Å². The number of halogens is 1. The first kappa shape index (κ1) is 15.2. The summed E-state index contributed by atoms with van der Waals surface area (Å²) in [5, 5.41) is 0. The zero-order valence-corrected chi connectivity index (χ0v) is 13.3. The molecule has 0 heterocycles. The first-order chi connectivity index (χ1) is 11.6. The summed E-state index contributed by atoms with van der Waals surface area (Å²) in [7, 11) is 0. The fourth-order valence-corrected chi connectivity index (χ4v) is 3.28. The van der Waals surface area contributed by atoms with E-state index in [0.29, 0.717) is 5.41 Å². The Bertz CT molecular complexity index is 792.